The van der Waals surface area contributed by atoms with E-state index in [-0.39, 0.29) is 11.1 Å². The van der Waals surface area contributed by atoms with Gasteiger partial charge in [0.25, 0.3) is 6.02 Å². The average Bonchev–Trinajstić information content (AvgIpc) is 3.14. The van der Waals surface area contributed by atoms with Crippen molar-refractivity contribution in [1.29, 1.82) is 5.26 Å². The van der Waals surface area contributed by atoms with E-state index in [1.165, 1.54) is 0 Å². The molecule has 1 aromatic carbocycles. The number of fused-ring (bicyclic) bond motifs is 1. The van der Waals surface area contributed by atoms with Gasteiger partial charge in [-0.15, -0.1) is 0 Å². The molecule has 27 heavy (non-hydrogen) atoms. The van der Waals surface area contributed by atoms with Crippen molar-refractivity contribution in [1.82, 2.24) is 4.90 Å². The third-order valence-electron chi connectivity index (χ3n) is 5.68. The lowest BCUT2D eigenvalue weighted by Gasteiger charge is -2.37. The quantitative estimate of drug-likeness (QED) is 0.656. The van der Waals surface area contributed by atoms with Gasteiger partial charge in [-0.2, -0.15) is 10.3 Å². The molecule has 2 heterocycles. The summed E-state index contributed by atoms with van der Waals surface area (Å²) in [6.07, 6.45) is 2.14. The van der Waals surface area contributed by atoms with E-state index in [1.807, 2.05) is 6.92 Å². The van der Waals surface area contributed by atoms with Crippen LogP contribution in [0, 0.1) is 18.3 Å². The molecule has 5 nitrogen and oxygen atoms in total. The van der Waals surface area contributed by atoms with E-state index in [4.69, 9.17) is 26.0 Å². The van der Waals surface area contributed by atoms with Gasteiger partial charge in [0.2, 0.25) is 8.32 Å². The van der Waals surface area contributed by atoms with Gasteiger partial charge in [0.05, 0.1) is 16.3 Å². The maximum atomic E-state index is 9.10. The van der Waals surface area contributed by atoms with Crippen molar-refractivity contribution in [3.8, 4) is 6.07 Å². The van der Waals surface area contributed by atoms with Crippen molar-refractivity contribution < 1.29 is 9.16 Å². The molecule has 7 heteroatoms. The third kappa shape index (κ3) is 3.58. The average molecular weight is 404 g/mol. The molecule has 0 aliphatic carbocycles. The smallest absolute Gasteiger partial charge is 0.293 e. The van der Waals surface area contributed by atoms with Crippen LogP contribution in [0.3, 0.4) is 0 Å². The van der Waals surface area contributed by atoms with Gasteiger partial charge in [0, 0.05) is 6.54 Å². The van der Waals surface area contributed by atoms with Crippen molar-refractivity contribution in [3.63, 3.8) is 0 Å². The second kappa shape index (κ2) is 6.88. The molecule has 3 rings (SSSR count). The molecule has 0 radical (unpaired) electrons. The summed E-state index contributed by atoms with van der Waals surface area (Å²) in [5.41, 5.74) is 1.95. The van der Waals surface area contributed by atoms with Crippen molar-refractivity contribution >= 4 is 31.6 Å². The van der Waals surface area contributed by atoms with E-state index in [0.29, 0.717) is 28.9 Å². The molecule has 0 saturated carbocycles. The van der Waals surface area contributed by atoms with Crippen LogP contribution < -0.4 is 0 Å². The fraction of sp³-hybridized carbons (Fsp3) is 0.500. The lowest BCUT2D eigenvalue weighted by molar-refractivity contribution is 0.281. The summed E-state index contributed by atoms with van der Waals surface area (Å²) in [6.45, 7) is 14.3. The summed E-state index contributed by atoms with van der Waals surface area (Å²) >= 11 is 6.26. The fourth-order valence-electron chi connectivity index (χ4n) is 2.86. The molecule has 144 valence electrons. The van der Waals surface area contributed by atoms with Crippen LogP contribution >= 0.6 is 11.6 Å². The van der Waals surface area contributed by atoms with Crippen molar-refractivity contribution in [2.24, 2.45) is 4.99 Å². The van der Waals surface area contributed by atoms with Crippen LogP contribution in [0.2, 0.25) is 23.2 Å². The highest BCUT2D eigenvalue weighted by Crippen LogP contribution is 2.40. The molecule has 0 spiro atoms. The number of aliphatic imine (C=N–C) groups is 1. The van der Waals surface area contributed by atoms with Gasteiger partial charge in [0.15, 0.2) is 0 Å². The Kier molecular flexibility index (Phi) is 5.04. The number of hydrogen-bond acceptors (Lipinski definition) is 4. The zero-order valence-corrected chi connectivity index (χ0v) is 18.5. The number of rotatable bonds is 3. The fourth-order valence-corrected chi connectivity index (χ4v) is 4.18. The minimum Gasteiger partial charge on any atom is -0.545 e. The normalized spacial score (nSPS) is 21.0. The molecular formula is C20H26ClN3O2Si. The molecular weight excluding hydrogens is 378 g/mol. The molecule has 0 unspecified atom stereocenters. The van der Waals surface area contributed by atoms with E-state index in [2.05, 4.69) is 55.9 Å². The first-order valence-electron chi connectivity index (χ1n) is 9.11. The largest absolute Gasteiger partial charge is 0.545 e. The Labute approximate surface area is 167 Å². The molecule has 0 amide bonds. The lowest BCUT2D eigenvalue weighted by Crippen LogP contribution is -2.42. The predicted octanol–water partition coefficient (Wildman–Crippen LogP) is 5.13. The summed E-state index contributed by atoms with van der Waals surface area (Å²) in [4.78, 5) is 6.78. The Balaban J connectivity index is 1.80. The standard InChI is InChI=1S/C20H26ClN3O2Si/c1-13-15(8-7-14(11-22)18(13)21)23-19-24-10-9-17(16(24)12-25-19)26-27(5,6)20(2,3)4/h7-9,16H,10,12H2,1-6H3/t16-/m1/s1. The summed E-state index contributed by atoms with van der Waals surface area (Å²) in [5, 5.41) is 9.69. The molecule has 0 bridgehead atoms. The molecule has 1 fully saturated rings. The molecule has 2 aliphatic heterocycles. The van der Waals surface area contributed by atoms with Crippen LogP contribution in [0.15, 0.2) is 29.0 Å². The Morgan fingerprint density at radius 2 is 2.07 bits per heavy atom. The molecule has 2 aliphatic rings. The lowest BCUT2D eigenvalue weighted by atomic mass is 10.1. The molecule has 0 aromatic heterocycles. The van der Waals surface area contributed by atoms with Gasteiger partial charge in [0.1, 0.15) is 24.5 Å². The van der Waals surface area contributed by atoms with Crippen LogP contribution in [0.5, 0.6) is 0 Å². The third-order valence-corrected chi connectivity index (χ3v) is 10.5. The van der Waals surface area contributed by atoms with Gasteiger partial charge in [-0.3, -0.25) is 0 Å². The van der Waals surface area contributed by atoms with E-state index in [9.17, 15) is 0 Å². The Morgan fingerprint density at radius 3 is 2.70 bits per heavy atom. The Hall–Kier alpha value is -1.97. The first-order chi connectivity index (χ1) is 12.5. The first kappa shape index (κ1) is 19.8. The van der Waals surface area contributed by atoms with Crippen LogP contribution in [-0.4, -0.2) is 38.4 Å². The SMILES string of the molecule is Cc1c(N=C2OC[C@@H]3C(O[Si](C)(C)C(C)(C)C)=CCN23)ccc(C#N)c1Cl. The number of ether oxygens (including phenoxy) is 1. The first-order valence-corrected chi connectivity index (χ1v) is 12.4. The zero-order chi connectivity index (χ0) is 20.0. The number of nitrogens with zero attached hydrogens (tertiary/aromatic N) is 3. The van der Waals surface area contributed by atoms with Crippen molar-refractivity contribution in [3.05, 3.63) is 40.1 Å². The van der Waals surface area contributed by atoms with Gasteiger partial charge in [-0.05, 0) is 48.8 Å². The van der Waals surface area contributed by atoms with Crippen LogP contribution in [0.25, 0.3) is 0 Å². The molecule has 1 atom stereocenters. The predicted molar refractivity (Wildman–Crippen MR) is 111 cm³/mol. The minimum absolute atomic E-state index is 0.0760. The highest BCUT2D eigenvalue weighted by atomic mass is 35.5. The van der Waals surface area contributed by atoms with Gasteiger partial charge in [-0.1, -0.05) is 32.4 Å². The second-order valence-corrected chi connectivity index (χ2v) is 13.6. The van der Waals surface area contributed by atoms with Gasteiger partial charge >= 0.3 is 0 Å². The summed E-state index contributed by atoms with van der Waals surface area (Å²) in [7, 11) is -1.89. The van der Waals surface area contributed by atoms with Crippen LogP contribution in [0.4, 0.5) is 5.69 Å². The van der Waals surface area contributed by atoms with Crippen molar-refractivity contribution in [2.75, 3.05) is 13.2 Å². The summed E-state index contributed by atoms with van der Waals surface area (Å²) in [6, 6.07) is 6.24. The number of amidine groups is 1. The molecule has 1 aromatic rings. The highest BCUT2D eigenvalue weighted by molar-refractivity contribution is 6.74. The Morgan fingerprint density at radius 1 is 1.37 bits per heavy atom. The number of halogens is 1. The highest BCUT2D eigenvalue weighted by Gasteiger charge is 2.45. The number of benzene rings is 1. The number of nitriles is 1. The zero-order valence-electron chi connectivity index (χ0n) is 16.8. The number of hydrogen-bond donors (Lipinski definition) is 0. The van der Waals surface area contributed by atoms with E-state index in [1.54, 1.807) is 12.1 Å². The van der Waals surface area contributed by atoms with E-state index in [0.717, 1.165) is 17.9 Å². The second-order valence-electron chi connectivity index (χ2n) is 8.53. The van der Waals surface area contributed by atoms with E-state index < -0.39 is 8.32 Å². The van der Waals surface area contributed by atoms with E-state index >= 15 is 0 Å². The van der Waals surface area contributed by atoms with Crippen LogP contribution in [0.1, 0.15) is 31.9 Å². The van der Waals surface area contributed by atoms with Gasteiger partial charge < -0.3 is 14.1 Å². The van der Waals surface area contributed by atoms with Gasteiger partial charge in [-0.25, -0.2) is 0 Å². The maximum Gasteiger partial charge on any atom is 0.293 e. The minimum atomic E-state index is -1.89. The Bertz CT molecular complexity index is 865. The topological polar surface area (TPSA) is 57.9 Å². The summed E-state index contributed by atoms with van der Waals surface area (Å²) in [5.74, 6) is 1.00. The molecule has 0 N–H and O–H groups in total. The summed E-state index contributed by atoms with van der Waals surface area (Å²) < 4.78 is 12.4. The maximum absolute atomic E-state index is 9.10. The van der Waals surface area contributed by atoms with Crippen molar-refractivity contribution in [2.45, 2.75) is 51.9 Å². The monoisotopic (exact) mass is 403 g/mol. The van der Waals surface area contributed by atoms with Crippen LogP contribution in [-0.2, 0) is 9.16 Å². The molecule has 1 saturated heterocycles.